The van der Waals surface area contributed by atoms with Crippen molar-refractivity contribution < 1.29 is 24.5 Å². The molecule has 6 heteroatoms. The number of hydrogen-bond donors (Lipinski definition) is 3. The molecule has 0 aliphatic heterocycles. The highest BCUT2D eigenvalue weighted by Crippen LogP contribution is 2.17. The topological polar surface area (TPSA) is 95.9 Å². The monoisotopic (exact) mass is 836 g/mol. The number of carbonyl (C=O) groups excluding carboxylic acids is 2. The van der Waals surface area contributed by atoms with E-state index in [0.717, 1.165) is 83.5 Å². The summed E-state index contributed by atoms with van der Waals surface area (Å²) in [5.74, 6) is -0.559. The molecule has 344 valence electrons. The van der Waals surface area contributed by atoms with Crippen molar-refractivity contribution in [2.75, 3.05) is 6.61 Å². The fraction of sp³-hybridized carbons (Fsp3) is 0.704. The van der Waals surface area contributed by atoms with E-state index in [1.54, 1.807) is 0 Å². The Morgan fingerprint density at radius 1 is 0.500 bits per heavy atom. The Kier molecular flexibility index (Phi) is 44.8. The molecule has 0 fully saturated rings. The third-order valence-corrected chi connectivity index (χ3v) is 10.9. The lowest BCUT2D eigenvalue weighted by atomic mass is 10.0. The van der Waals surface area contributed by atoms with E-state index in [2.05, 4.69) is 80.8 Å². The first-order chi connectivity index (χ1) is 29.5. The normalized spacial score (nSPS) is 14.0. The van der Waals surface area contributed by atoms with E-state index in [4.69, 9.17) is 4.74 Å². The first-order valence-electron chi connectivity index (χ1n) is 24.9. The second-order valence-electron chi connectivity index (χ2n) is 16.6. The number of amides is 1. The molecule has 3 N–H and O–H groups in total. The van der Waals surface area contributed by atoms with E-state index < -0.39 is 18.2 Å². The van der Waals surface area contributed by atoms with Crippen LogP contribution in [0.4, 0.5) is 0 Å². The zero-order valence-corrected chi connectivity index (χ0v) is 39.1. The maximum atomic E-state index is 13.2. The van der Waals surface area contributed by atoms with Gasteiger partial charge < -0.3 is 20.3 Å². The van der Waals surface area contributed by atoms with Crippen molar-refractivity contribution in [3.8, 4) is 0 Å². The average molecular weight is 836 g/mol. The highest BCUT2D eigenvalue weighted by molar-refractivity contribution is 5.77. The van der Waals surface area contributed by atoms with E-state index in [-0.39, 0.29) is 24.9 Å². The highest BCUT2D eigenvalue weighted by atomic mass is 16.5. The molecule has 0 aliphatic carbocycles. The Hall–Kier alpha value is -2.96. The second-order valence-corrected chi connectivity index (χ2v) is 16.6. The quantitative estimate of drug-likeness (QED) is 0.0323. The fourth-order valence-corrected chi connectivity index (χ4v) is 7.09. The molecule has 0 saturated carbocycles. The number of aliphatic hydroxyl groups is 2. The summed E-state index contributed by atoms with van der Waals surface area (Å²) >= 11 is 0. The summed E-state index contributed by atoms with van der Waals surface area (Å²) in [6, 6.07) is -0.725. The molecule has 1 amide bonds. The van der Waals surface area contributed by atoms with Crippen LogP contribution in [0.15, 0.2) is 85.1 Å². The number of ether oxygens (including phenoxy) is 1. The van der Waals surface area contributed by atoms with E-state index in [9.17, 15) is 19.8 Å². The summed E-state index contributed by atoms with van der Waals surface area (Å²) in [6.45, 7) is 6.29. The number of allylic oxidation sites excluding steroid dienone is 14. The van der Waals surface area contributed by atoms with Gasteiger partial charge in [0.15, 0.2) is 0 Å². The summed E-state index contributed by atoms with van der Waals surface area (Å²) in [5, 5.41) is 23.7. The number of carbonyl (C=O) groups is 2. The first kappa shape index (κ1) is 57.0. The molecule has 6 nitrogen and oxygen atoms in total. The Labute approximate surface area is 370 Å². The smallest absolute Gasteiger partial charge is 0.306 e. The van der Waals surface area contributed by atoms with Crippen LogP contribution in [-0.4, -0.2) is 46.9 Å². The van der Waals surface area contributed by atoms with Gasteiger partial charge in [-0.3, -0.25) is 9.59 Å². The third-order valence-electron chi connectivity index (χ3n) is 10.9. The van der Waals surface area contributed by atoms with Gasteiger partial charge in [-0.1, -0.05) is 221 Å². The van der Waals surface area contributed by atoms with Crippen LogP contribution in [0.1, 0.15) is 220 Å². The predicted octanol–water partition coefficient (Wildman–Crippen LogP) is 14.8. The van der Waals surface area contributed by atoms with Crippen LogP contribution >= 0.6 is 0 Å². The van der Waals surface area contributed by atoms with Crippen LogP contribution in [0.2, 0.25) is 0 Å². The van der Waals surface area contributed by atoms with Gasteiger partial charge in [-0.2, -0.15) is 0 Å². The highest BCUT2D eigenvalue weighted by Gasteiger charge is 2.24. The van der Waals surface area contributed by atoms with Crippen LogP contribution in [0.3, 0.4) is 0 Å². The van der Waals surface area contributed by atoms with E-state index in [1.165, 1.54) is 89.9 Å². The SMILES string of the molecule is CC/C=C/C=C/C=C\C=C/CCCCCC(=O)OC(CCCCC/C=C/C=C/C=C/CCCCCCC)CC(=O)NC(CO)C(O)CCCCCCCCCCCCCC. The molecule has 0 aliphatic rings. The Morgan fingerprint density at radius 3 is 1.38 bits per heavy atom. The lowest BCUT2D eigenvalue weighted by Gasteiger charge is -2.24. The van der Waals surface area contributed by atoms with Crippen molar-refractivity contribution in [3.05, 3.63) is 85.1 Å². The number of hydrogen-bond acceptors (Lipinski definition) is 5. The minimum atomic E-state index is -0.807. The zero-order valence-electron chi connectivity index (χ0n) is 39.1. The summed E-state index contributed by atoms with van der Waals surface area (Å²) < 4.78 is 5.89. The Balaban J connectivity index is 4.75. The average Bonchev–Trinajstić information content (AvgIpc) is 3.24. The van der Waals surface area contributed by atoms with Gasteiger partial charge in [-0.25, -0.2) is 0 Å². The van der Waals surface area contributed by atoms with Gasteiger partial charge >= 0.3 is 5.97 Å². The van der Waals surface area contributed by atoms with Gasteiger partial charge in [-0.05, 0) is 70.6 Å². The van der Waals surface area contributed by atoms with Crippen molar-refractivity contribution in [1.82, 2.24) is 5.32 Å². The molecular formula is C54H93NO5. The molecule has 0 bridgehead atoms. The van der Waals surface area contributed by atoms with Gasteiger partial charge in [0.25, 0.3) is 0 Å². The van der Waals surface area contributed by atoms with Crippen molar-refractivity contribution in [2.24, 2.45) is 0 Å². The molecule has 0 saturated heterocycles. The van der Waals surface area contributed by atoms with Crippen LogP contribution in [0, 0.1) is 0 Å². The maximum Gasteiger partial charge on any atom is 0.306 e. The van der Waals surface area contributed by atoms with E-state index in [0.29, 0.717) is 19.3 Å². The molecular weight excluding hydrogens is 743 g/mol. The number of esters is 1. The number of rotatable bonds is 43. The summed E-state index contributed by atoms with van der Waals surface area (Å²) in [7, 11) is 0. The minimum Gasteiger partial charge on any atom is -0.462 e. The third kappa shape index (κ3) is 41.8. The van der Waals surface area contributed by atoms with Crippen molar-refractivity contribution in [1.29, 1.82) is 0 Å². The fourth-order valence-electron chi connectivity index (χ4n) is 7.09. The molecule has 0 radical (unpaired) electrons. The van der Waals surface area contributed by atoms with Gasteiger partial charge in [0.05, 0.1) is 25.2 Å². The first-order valence-corrected chi connectivity index (χ1v) is 24.9. The Bertz CT molecular complexity index is 1160. The van der Waals surface area contributed by atoms with Crippen LogP contribution < -0.4 is 5.32 Å². The molecule has 3 atom stereocenters. The molecule has 0 aromatic carbocycles. The lowest BCUT2D eigenvalue weighted by molar-refractivity contribution is -0.151. The van der Waals surface area contributed by atoms with Crippen LogP contribution in [0.25, 0.3) is 0 Å². The van der Waals surface area contributed by atoms with Crippen LogP contribution in [-0.2, 0) is 14.3 Å². The van der Waals surface area contributed by atoms with Gasteiger partial charge in [-0.15, -0.1) is 0 Å². The predicted molar refractivity (Wildman–Crippen MR) is 259 cm³/mol. The van der Waals surface area contributed by atoms with Crippen molar-refractivity contribution >= 4 is 11.9 Å². The van der Waals surface area contributed by atoms with Gasteiger partial charge in [0.1, 0.15) is 6.10 Å². The minimum absolute atomic E-state index is 0.0346. The molecule has 0 spiro atoms. The maximum absolute atomic E-state index is 13.2. The zero-order chi connectivity index (χ0) is 43.8. The molecule has 0 rings (SSSR count). The van der Waals surface area contributed by atoms with E-state index >= 15 is 0 Å². The van der Waals surface area contributed by atoms with Crippen molar-refractivity contribution in [3.63, 3.8) is 0 Å². The largest absolute Gasteiger partial charge is 0.462 e. The number of nitrogens with one attached hydrogen (secondary N) is 1. The van der Waals surface area contributed by atoms with E-state index in [1.807, 2.05) is 30.4 Å². The Morgan fingerprint density at radius 2 is 0.900 bits per heavy atom. The molecule has 0 aromatic rings. The van der Waals surface area contributed by atoms with Gasteiger partial charge in [0.2, 0.25) is 5.91 Å². The lowest BCUT2D eigenvalue weighted by Crippen LogP contribution is -2.46. The number of unbranched alkanes of at least 4 members (excludes halogenated alkanes) is 22. The van der Waals surface area contributed by atoms with Gasteiger partial charge in [0, 0.05) is 6.42 Å². The van der Waals surface area contributed by atoms with Crippen molar-refractivity contribution in [2.45, 2.75) is 238 Å². The molecule has 3 unspecified atom stereocenters. The molecule has 0 heterocycles. The molecule has 60 heavy (non-hydrogen) atoms. The van der Waals surface area contributed by atoms with Crippen LogP contribution in [0.5, 0.6) is 0 Å². The molecule has 0 aromatic heterocycles. The summed E-state index contributed by atoms with van der Waals surface area (Å²) in [6.07, 6.45) is 60.7. The summed E-state index contributed by atoms with van der Waals surface area (Å²) in [4.78, 5) is 26.1. The number of aliphatic hydroxyl groups excluding tert-OH is 2. The second kappa shape index (κ2) is 47.1. The summed E-state index contributed by atoms with van der Waals surface area (Å²) in [5.41, 5.74) is 0. The standard InChI is InChI=1S/C54H93NO5/c1-4-7-10-13-16-19-22-25-26-27-29-30-33-36-39-42-45-50(60-54(59)47-44-41-38-35-32-28-23-20-17-14-11-8-5-2)48-53(58)55-51(49-56)52(57)46-43-40-37-34-31-24-21-18-15-12-9-6-3/h8,11,14,17,20,22-23,25-30,32,50-52,56-57H,4-7,9-10,12-13,15-16,18-19,21,24,31,33-49H2,1-3H3,(H,55,58)/b11-8+,17-14+,23-20-,25-22+,27-26+,30-29+,32-28-.